The predicted molar refractivity (Wildman–Crippen MR) is 115 cm³/mol. The van der Waals surface area contributed by atoms with Gasteiger partial charge < -0.3 is 19.5 Å². The molecule has 2 aromatic carbocycles. The number of nitrogens with one attached hydrogen (secondary N) is 1. The molecule has 1 N–H and O–H groups in total. The zero-order valence-electron chi connectivity index (χ0n) is 17.0. The summed E-state index contributed by atoms with van der Waals surface area (Å²) in [7, 11) is 0. The number of ether oxygens (including phenoxy) is 1. The first kappa shape index (κ1) is 19.3. The second-order valence-corrected chi connectivity index (χ2v) is 8.00. The number of carbonyl (C=O) groups excluding carboxylic acids is 2. The van der Waals surface area contributed by atoms with Gasteiger partial charge in [-0.25, -0.2) is 0 Å². The number of nitrogens with zero attached hydrogens (tertiary/aromatic N) is 3. The van der Waals surface area contributed by atoms with Gasteiger partial charge in [-0.1, -0.05) is 18.2 Å². The van der Waals surface area contributed by atoms with Crippen LogP contribution in [0.4, 0.5) is 0 Å². The summed E-state index contributed by atoms with van der Waals surface area (Å²) in [5.41, 5.74) is 4.16. The number of hydrogen-bond donors (Lipinski definition) is 1. The molecule has 2 aliphatic rings. The Kier molecular flexibility index (Phi) is 4.92. The van der Waals surface area contributed by atoms with E-state index in [1.54, 1.807) is 11.1 Å². The highest BCUT2D eigenvalue weighted by Crippen LogP contribution is 2.27. The summed E-state index contributed by atoms with van der Waals surface area (Å²) in [5, 5.41) is 10.1. The van der Waals surface area contributed by atoms with Crippen molar-refractivity contribution in [3.8, 4) is 17.2 Å². The standard InChI is InChI=1S/C24H22N4O3/c25-12-19-13-26-22-6-5-18(11-21(19)22)16-1-3-17(4-2-16)23(29)27-7-9-28(10-8-27)24(30)20-14-31-15-20/h1-6,11,13,20,26H,7-10,14-15H2. The first-order valence-electron chi connectivity index (χ1n) is 10.4. The van der Waals surface area contributed by atoms with Crippen LogP contribution in [0, 0.1) is 17.2 Å². The molecule has 0 radical (unpaired) electrons. The number of piperazine rings is 1. The second-order valence-electron chi connectivity index (χ2n) is 8.00. The van der Waals surface area contributed by atoms with Gasteiger partial charge >= 0.3 is 0 Å². The molecular formula is C24H22N4O3. The van der Waals surface area contributed by atoms with Crippen molar-refractivity contribution in [2.45, 2.75) is 0 Å². The lowest BCUT2D eigenvalue weighted by Gasteiger charge is -2.38. The highest BCUT2D eigenvalue weighted by molar-refractivity contribution is 5.95. The Morgan fingerprint density at radius 3 is 2.29 bits per heavy atom. The lowest BCUT2D eigenvalue weighted by molar-refractivity contribution is -0.151. The monoisotopic (exact) mass is 414 g/mol. The number of nitriles is 1. The maximum absolute atomic E-state index is 12.9. The second kappa shape index (κ2) is 7.89. The van der Waals surface area contributed by atoms with E-state index in [4.69, 9.17) is 4.74 Å². The average molecular weight is 414 g/mol. The molecule has 5 rings (SSSR count). The van der Waals surface area contributed by atoms with E-state index in [-0.39, 0.29) is 17.7 Å². The summed E-state index contributed by atoms with van der Waals surface area (Å²) >= 11 is 0. The topological polar surface area (TPSA) is 89.4 Å². The zero-order valence-corrected chi connectivity index (χ0v) is 17.0. The third kappa shape index (κ3) is 3.56. The number of hydrogen-bond acceptors (Lipinski definition) is 4. The molecule has 0 atom stereocenters. The Labute approximate surface area is 179 Å². The van der Waals surface area contributed by atoms with Gasteiger partial charge in [0.25, 0.3) is 5.91 Å². The molecule has 0 unspecified atom stereocenters. The summed E-state index contributed by atoms with van der Waals surface area (Å²) in [5.74, 6) is 0.115. The number of aromatic nitrogens is 1. The Morgan fingerprint density at radius 1 is 0.968 bits per heavy atom. The molecule has 7 nitrogen and oxygen atoms in total. The predicted octanol–water partition coefficient (Wildman–Crippen LogP) is 2.64. The molecule has 0 bridgehead atoms. The van der Waals surface area contributed by atoms with Crippen LogP contribution in [0.15, 0.2) is 48.7 Å². The molecule has 2 aliphatic heterocycles. The molecule has 2 amide bonds. The average Bonchev–Trinajstić information content (AvgIpc) is 3.20. The van der Waals surface area contributed by atoms with Crippen LogP contribution in [0.2, 0.25) is 0 Å². The number of rotatable bonds is 3. The quantitative estimate of drug-likeness (QED) is 0.714. The van der Waals surface area contributed by atoms with Crippen molar-refractivity contribution in [3.05, 3.63) is 59.8 Å². The molecule has 0 aliphatic carbocycles. The summed E-state index contributed by atoms with van der Waals surface area (Å²) in [6, 6.07) is 15.7. The van der Waals surface area contributed by atoms with Gasteiger partial charge in [-0.15, -0.1) is 0 Å². The molecule has 31 heavy (non-hydrogen) atoms. The molecule has 0 saturated carbocycles. The molecule has 156 valence electrons. The van der Waals surface area contributed by atoms with Gasteiger partial charge in [-0.05, 0) is 35.4 Å². The van der Waals surface area contributed by atoms with Gasteiger partial charge in [0, 0.05) is 48.8 Å². The van der Waals surface area contributed by atoms with Gasteiger partial charge in [0.1, 0.15) is 6.07 Å². The van der Waals surface area contributed by atoms with Crippen LogP contribution < -0.4 is 0 Å². The van der Waals surface area contributed by atoms with Crippen molar-refractivity contribution in [2.24, 2.45) is 5.92 Å². The van der Waals surface area contributed by atoms with E-state index in [0.717, 1.165) is 22.0 Å². The van der Waals surface area contributed by atoms with Crippen molar-refractivity contribution < 1.29 is 14.3 Å². The van der Waals surface area contributed by atoms with Gasteiger partial charge in [0.2, 0.25) is 5.91 Å². The first-order chi connectivity index (χ1) is 15.1. The van der Waals surface area contributed by atoms with E-state index in [1.807, 2.05) is 47.4 Å². The lowest BCUT2D eigenvalue weighted by atomic mass is 10.0. The lowest BCUT2D eigenvalue weighted by Crippen LogP contribution is -2.54. The fourth-order valence-corrected chi connectivity index (χ4v) is 4.15. The van der Waals surface area contributed by atoms with E-state index in [1.165, 1.54) is 0 Å². The smallest absolute Gasteiger partial charge is 0.253 e. The molecule has 3 heterocycles. The Bertz CT molecular complexity index is 1180. The SMILES string of the molecule is N#Cc1c[nH]c2ccc(-c3ccc(C(=O)N4CCN(C(=O)C5COC5)CC4)cc3)cc12. The number of H-pyrrole nitrogens is 1. The minimum atomic E-state index is -0.0153. The molecule has 2 saturated heterocycles. The van der Waals surface area contributed by atoms with Crippen LogP contribution in [-0.4, -0.2) is 66.0 Å². The maximum Gasteiger partial charge on any atom is 0.253 e. The highest BCUT2D eigenvalue weighted by atomic mass is 16.5. The van der Waals surface area contributed by atoms with E-state index in [0.29, 0.717) is 50.5 Å². The van der Waals surface area contributed by atoms with Crippen molar-refractivity contribution in [1.29, 1.82) is 5.26 Å². The van der Waals surface area contributed by atoms with E-state index in [2.05, 4.69) is 11.1 Å². The third-order valence-electron chi connectivity index (χ3n) is 6.13. The Hall–Kier alpha value is -3.63. The highest BCUT2D eigenvalue weighted by Gasteiger charge is 2.33. The van der Waals surface area contributed by atoms with Crippen LogP contribution in [0.25, 0.3) is 22.0 Å². The molecule has 0 spiro atoms. The van der Waals surface area contributed by atoms with Gasteiger partial charge in [-0.3, -0.25) is 9.59 Å². The van der Waals surface area contributed by atoms with Crippen LogP contribution >= 0.6 is 0 Å². The molecule has 1 aromatic heterocycles. The van der Waals surface area contributed by atoms with Gasteiger partial charge in [0.15, 0.2) is 0 Å². The van der Waals surface area contributed by atoms with Crippen molar-refractivity contribution in [1.82, 2.24) is 14.8 Å². The summed E-state index contributed by atoms with van der Waals surface area (Å²) in [6.07, 6.45) is 1.71. The number of amides is 2. The molecule has 2 fully saturated rings. The summed E-state index contributed by atoms with van der Waals surface area (Å²) in [6.45, 7) is 3.24. The molecular weight excluding hydrogens is 392 g/mol. The first-order valence-corrected chi connectivity index (χ1v) is 10.4. The minimum absolute atomic E-state index is 0.00970. The summed E-state index contributed by atoms with van der Waals surface area (Å²) in [4.78, 5) is 32.0. The molecule has 7 heteroatoms. The van der Waals surface area contributed by atoms with E-state index in [9.17, 15) is 14.9 Å². The van der Waals surface area contributed by atoms with Crippen LogP contribution in [0.3, 0.4) is 0 Å². The number of fused-ring (bicyclic) bond motifs is 1. The van der Waals surface area contributed by atoms with Crippen LogP contribution in [0.1, 0.15) is 15.9 Å². The van der Waals surface area contributed by atoms with Crippen molar-refractivity contribution >= 4 is 22.7 Å². The van der Waals surface area contributed by atoms with E-state index < -0.39 is 0 Å². The number of benzene rings is 2. The van der Waals surface area contributed by atoms with Crippen LogP contribution in [0.5, 0.6) is 0 Å². The number of aromatic amines is 1. The Morgan fingerprint density at radius 2 is 1.65 bits per heavy atom. The van der Waals surface area contributed by atoms with Crippen molar-refractivity contribution in [2.75, 3.05) is 39.4 Å². The normalized spacial score (nSPS) is 16.7. The fraction of sp³-hybridized carbons (Fsp3) is 0.292. The van der Waals surface area contributed by atoms with Gasteiger partial charge in [-0.2, -0.15) is 5.26 Å². The Balaban J connectivity index is 1.26. The van der Waals surface area contributed by atoms with Crippen molar-refractivity contribution in [3.63, 3.8) is 0 Å². The zero-order chi connectivity index (χ0) is 21.4. The number of carbonyl (C=O) groups is 2. The van der Waals surface area contributed by atoms with Gasteiger partial charge in [0.05, 0.1) is 24.7 Å². The molecule has 3 aromatic rings. The third-order valence-corrected chi connectivity index (χ3v) is 6.13. The maximum atomic E-state index is 12.9. The summed E-state index contributed by atoms with van der Waals surface area (Å²) < 4.78 is 5.11. The fourth-order valence-electron chi connectivity index (χ4n) is 4.15. The van der Waals surface area contributed by atoms with Crippen LogP contribution in [-0.2, 0) is 9.53 Å². The minimum Gasteiger partial charge on any atom is -0.380 e. The largest absolute Gasteiger partial charge is 0.380 e. The van der Waals surface area contributed by atoms with E-state index >= 15 is 0 Å².